The number of carbonyl (C=O) groups is 1. The van der Waals surface area contributed by atoms with Gasteiger partial charge in [0.25, 0.3) is 5.91 Å². The van der Waals surface area contributed by atoms with Crippen molar-refractivity contribution in [3.8, 4) is 0 Å². The maximum atomic E-state index is 12.7. The fourth-order valence-corrected chi connectivity index (χ4v) is 3.14. The van der Waals surface area contributed by atoms with Crippen molar-refractivity contribution in [3.05, 3.63) is 65.5 Å². The van der Waals surface area contributed by atoms with Crippen molar-refractivity contribution < 1.29 is 9.90 Å². The predicted octanol–water partition coefficient (Wildman–Crippen LogP) is 2.77. The van der Waals surface area contributed by atoms with Gasteiger partial charge in [0.15, 0.2) is 0 Å². The number of amides is 1. The van der Waals surface area contributed by atoms with Gasteiger partial charge >= 0.3 is 0 Å². The summed E-state index contributed by atoms with van der Waals surface area (Å²) < 4.78 is 0. The zero-order chi connectivity index (χ0) is 16.3. The van der Waals surface area contributed by atoms with Crippen LogP contribution in [0.2, 0.25) is 0 Å². The van der Waals surface area contributed by atoms with E-state index in [-0.39, 0.29) is 5.91 Å². The van der Waals surface area contributed by atoms with E-state index in [4.69, 9.17) is 0 Å². The van der Waals surface area contributed by atoms with E-state index in [1.165, 1.54) is 0 Å². The average Bonchev–Trinajstić information content (AvgIpc) is 2.99. The topological polar surface area (TPSA) is 53.4 Å². The third-order valence-corrected chi connectivity index (χ3v) is 4.42. The summed E-state index contributed by atoms with van der Waals surface area (Å²) in [6.45, 7) is 2.99. The lowest BCUT2D eigenvalue weighted by Crippen LogP contribution is -2.34. The van der Waals surface area contributed by atoms with E-state index < -0.39 is 5.60 Å². The number of aromatic nitrogens is 1. The Bertz CT molecular complexity index is 687. The molecular weight excluding hydrogens is 288 g/mol. The molecule has 1 N–H and O–H groups in total. The maximum Gasteiger partial charge on any atom is 0.254 e. The first-order valence-corrected chi connectivity index (χ1v) is 8.14. The van der Waals surface area contributed by atoms with Gasteiger partial charge in [-0.3, -0.25) is 9.78 Å². The van der Waals surface area contributed by atoms with Gasteiger partial charge in [-0.05, 0) is 30.5 Å². The number of aliphatic hydroxyl groups is 1. The predicted molar refractivity (Wildman–Crippen MR) is 89.1 cm³/mol. The van der Waals surface area contributed by atoms with E-state index in [0.717, 1.165) is 24.1 Å². The lowest BCUT2D eigenvalue weighted by molar-refractivity contribution is 0.0417. The summed E-state index contributed by atoms with van der Waals surface area (Å²) in [6, 6.07) is 13.2. The second-order valence-electron chi connectivity index (χ2n) is 6.16. The van der Waals surface area contributed by atoms with Crippen molar-refractivity contribution >= 4 is 5.91 Å². The van der Waals surface area contributed by atoms with Crippen LogP contribution in [-0.2, 0) is 12.0 Å². The number of carbonyl (C=O) groups excluding carboxylic acids is 1. The molecule has 2 aromatic rings. The SMILES string of the molecule is CCCc1cc(C(=O)N2CCC(O)(c3ccccc3)C2)ccn1. The summed E-state index contributed by atoms with van der Waals surface area (Å²) in [4.78, 5) is 18.7. The molecule has 1 unspecified atom stereocenters. The second-order valence-corrected chi connectivity index (χ2v) is 6.16. The Balaban J connectivity index is 1.76. The van der Waals surface area contributed by atoms with Crippen molar-refractivity contribution in [3.63, 3.8) is 0 Å². The van der Waals surface area contributed by atoms with Crippen molar-refractivity contribution in [2.45, 2.75) is 31.8 Å². The van der Waals surface area contributed by atoms with E-state index in [1.54, 1.807) is 17.2 Å². The monoisotopic (exact) mass is 310 g/mol. The fourth-order valence-electron chi connectivity index (χ4n) is 3.14. The number of aryl methyl sites for hydroxylation is 1. The molecule has 1 atom stereocenters. The van der Waals surface area contributed by atoms with Crippen molar-refractivity contribution in [2.75, 3.05) is 13.1 Å². The molecule has 4 heteroatoms. The summed E-state index contributed by atoms with van der Waals surface area (Å²) in [6.07, 6.45) is 4.13. The highest BCUT2D eigenvalue weighted by Crippen LogP contribution is 2.32. The smallest absolute Gasteiger partial charge is 0.254 e. The molecule has 23 heavy (non-hydrogen) atoms. The van der Waals surface area contributed by atoms with E-state index in [2.05, 4.69) is 11.9 Å². The lowest BCUT2D eigenvalue weighted by Gasteiger charge is -2.24. The zero-order valence-electron chi connectivity index (χ0n) is 13.4. The molecule has 4 nitrogen and oxygen atoms in total. The summed E-state index contributed by atoms with van der Waals surface area (Å²) in [5.41, 5.74) is 1.52. The van der Waals surface area contributed by atoms with Crippen LogP contribution in [0.3, 0.4) is 0 Å². The zero-order valence-corrected chi connectivity index (χ0v) is 13.4. The van der Waals surface area contributed by atoms with Crippen molar-refractivity contribution in [1.29, 1.82) is 0 Å². The molecule has 2 heterocycles. The molecular formula is C19H22N2O2. The van der Waals surface area contributed by atoms with Gasteiger partial charge < -0.3 is 10.0 Å². The number of benzene rings is 1. The molecule has 0 saturated carbocycles. The van der Waals surface area contributed by atoms with Gasteiger partial charge in [0.1, 0.15) is 5.60 Å². The van der Waals surface area contributed by atoms with Gasteiger partial charge in [-0.15, -0.1) is 0 Å². The summed E-state index contributed by atoms with van der Waals surface area (Å²) in [5, 5.41) is 10.9. The number of pyridine rings is 1. The first-order valence-electron chi connectivity index (χ1n) is 8.14. The molecule has 0 aliphatic carbocycles. The lowest BCUT2D eigenvalue weighted by atomic mass is 9.93. The quantitative estimate of drug-likeness (QED) is 0.945. The van der Waals surface area contributed by atoms with E-state index in [9.17, 15) is 9.90 Å². The van der Waals surface area contributed by atoms with Crippen molar-refractivity contribution in [2.24, 2.45) is 0 Å². The number of nitrogens with zero attached hydrogens (tertiary/aromatic N) is 2. The third kappa shape index (κ3) is 3.27. The van der Waals surface area contributed by atoms with Crippen LogP contribution in [0.4, 0.5) is 0 Å². The number of β-amino-alcohol motifs (C(OH)–C–C–N with tert-alkyl or cyclic N) is 1. The maximum absolute atomic E-state index is 12.7. The number of hydrogen-bond acceptors (Lipinski definition) is 3. The molecule has 0 spiro atoms. The highest BCUT2D eigenvalue weighted by atomic mass is 16.3. The Hall–Kier alpha value is -2.20. The molecule has 1 fully saturated rings. The first kappa shape index (κ1) is 15.7. The van der Waals surface area contributed by atoms with Crippen LogP contribution >= 0.6 is 0 Å². The molecule has 0 radical (unpaired) electrons. The van der Waals surface area contributed by atoms with Gasteiger partial charge in [0, 0.05) is 24.0 Å². The van der Waals surface area contributed by atoms with Crippen LogP contribution < -0.4 is 0 Å². The van der Waals surface area contributed by atoms with Crippen molar-refractivity contribution in [1.82, 2.24) is 9.88 Å². The normalized spacial score (nSPS) is 20.7. The van der Waals surface area contributed by atoms with E-state index in [1.807, 2.05) is 36.4 Å². The minimum absolute atomic E-state index is 0.0309. The molecule has 1 aromatic carbocycles. The van der Waals surface area contributed by atoms with Gasteiger partial charge in [0.05, 0.1) is 6.54 Å². The van der Waals surface area contributed by atoms with Gasteiger partial charge in [-0.1, -0.05) is 43.7 Å². The van der Waals surface area contributed by atoms with Gasteiger partial charge in [0.2, 0.25) is 0 Å². The Labute approximate surface area is 136 Å². The summed E-state index contributed by atoms with van der Waals surface area (Å²) in [5.74, 6) is -0.0309. The molecule has 3 rings (SSSR count). The number of likely N-dealkylation sites (tertiary alicyclic amines) is 1. The minimum atomic E-state index is -0.948. The molecule has 1 aliphatic rings. The average molecular weight is 310 g/mol. The summed E-state index contributed by atoms with van der Waals surface area (Å²) >= 11 is 0. The Morgan fingerprint density at radius 2 is 2.09 bits per heavy atom. The number of rotatable bonds is 4. The minimum Gasteiger partial charge on any atom is -0.383 e. The van der Waals surface area contributed by atoms with Crippen LogP contribution in [0, 0.1) is 0 Å². The highest BCUT2D eigenvalue weighted by molar-refractivity contribution is 5.94. The second kappa shape index (κ2) is 6.50. The summed E-state index contributed by atoms with van der Waals surface area (Å²) in [7, 11) is 0. The van der Waals surface area contributed by atoms with Crippen LogP contribution in [-0.4, -0.2) is 34.0 Å². The molecule has 1 saturated heterocycles. The van der Waals surface area contributed by atoms with Gasteiger partial charge in [-0.25, -0.2) is 0 Å². The third-order valence-electron chi connectivity index (χ3n) is 4.42. The van der Waals surface area contributed by atoms with Crippen LogP contribution in [0.5, 0.6) is 0 Å². The van der Waals surface area contributed by atoms with Crippen LogP contribution in [0.15, 0.2) is 48.7 Å². The molecule has 1 aliphatic heterocycles. The Morgan fingerprint density at radius 3 is 2.83 bits per heavy atom. The fraction of sp³-hybridized carbons (Fsp3) is 0.368. The molecule has 0 bridgehead atoms. The standard InChI is InChI=1S/C19H22N2O2/c1-2-6-17-13-15(9-11-20-17)18(22)21-12-10-19(23,14-21)16-7-4-3-5-8-16/h3-5,7-9,11,13,23H,2,6,10,12,14H2,1H3. The Morgan fingerprint density at radius 1 is 1.30 bits per heavy atom. The largest absolute Gasteiger partial charge is 0.383 e. The number of hydrogen-bond donors (Lipinski definition) is 1. The molecule has 1 amide bonds. The first-order chi connectivity index (χ1) is 11.1. The Kier molecular flexibility index (Phi) is 4.44. The van der Waals surface area contributed by atoms with E-state index in [0.29, 0.717) is 25.1 Å². The van der Waals surface area contributed by atoms with Crippen LogP contribution in [0.25, 0.3) is 0 Å². The highest BCUT2D eigenvalue weighted by Gasteiger charge is 2.39. The van der Waals surface area contributed by atoms with Crippen LogP contribution in [0.1, 0.15) is 41.4 Å². The molecule has 120 valence electrons. The van der Waals surface area contributed by atoms with Gasteiger partial charge in [-0.2, -0.15) is 0 Å². The molecule has 1 aromatic heterocycles. The van der Waals surface area contributed by atoms with E-state index >= 15 is 0 Å².